The summed E-state index contributed by atoms with van der Waals surface area (Å²) in [5, 5.41) is 6.74. The van der Waals surface area contributed by atoms with Crippen LogP contribution in [-0.2, 0) is 9.84 Å². The van der Waals surface area contributed by atoms with Crippen molar-refractivity contribution in [2.24, 2.45) is 10.9 Å². The molecule has 0 amide bonds. The Hall–Kier alpha value is -0.820. The molecule has 1 fully saturated rings. The van der Waals surface area contributed by atoms with Gasteiger partial charge in [-0.15, -0.1) is 0 Å². The van der Waals surface area contributed by atoms with Crippen molar-refractivity contribution >= 4 is 15.8 Å². The molecule has 1 aliphatic heterocycles. The first kappa shape index (κ1) is 19.2. The van der Waals surface area contributed by atoms with Crippen molar-refractivity contribution in [3.63, 3.8) is 0 Å². The number of guanidine groups is 1. The lowest BCUT2D eigenvalue weighted by molar-refractivity contribution is 0.265. The highest BCUT2D eigenvalue weighted by molar-refractivity contribution is 7.90. The number of rotatable bonds is 7. The summed E-state index contributed by atoms with van der Waals surface area (Å²) in [5.41, 5.74) is 0. The van der Waals surface area contributed by atoms with Gasteiger partial charge in [0.15, 0.2) is 5.96 Å². The molecular weight excluding hydrogens is 300 g/mol. The van der Waals surface area contributed by atoms with Crippen LogP contribution in [-0.4, -0.2) is 69.5 Å². The van der Waals surface area contributed by atoms with Crippen LogP contribution in [0.25, 0.3) is 0 Å². The monoisotopic (exact) mass is 332 g/mol. The van der Waals surface area contributed by atoms with Crippen molar-refractivity contribution in [3.05, 3.63) is 0 Å². The molecule has 0 spiro atoms. The summed E-state index contributed by atoms with van der Waals surface area (Å²) >= 11 is 0. The highest BCUT2D eigenvalue weighted by atomic mass is 32.2. The van der Waals surface area contributed by atoms with Gasteiger partial charge in [0.05, 0.1) is 5.75 Å². The molecule has 0 radical (unpaired) electrons. The lowest BCUT2D eigenvalue weighted by Gasteiger charge is -2.21. The normalized spacial score (nSPS) is 24.0. The largest absolute Gasteiger partial charge is 0.357 e. The van der Waals surface area contributed by atoms with Crippen LogP contribution in [0, 0.1) is 5.92 Å². The number of aliphatic imine (C=N–C) groups is 1. The van der Waals surface area contributed by atoms with E-state index in [4.69, 9.17) is 0 Å². The summed E-state index contributed by atoms with van der Waals surface area (Å²) in [7, 11) is -2.90. The number of nitrogens with one attached hydrogen (secondary N) is 2. The molecule has 0 bridgehead atoms. The van der Waals surface area contributed by atoms with E-state index in [9.17, 15) is 8.42 Å². The van der Waals surface area contributed by atoms with Crippen molar-refractivity contribution in [2.75, 3.05) is 38.2 Å². The average Bonchev–Trinajstić information content (AvgIpc) is 2.75. The Bertz CT molecular complexity index is 462. The van der Waals surface area contributed by atoms with E-state index in [0.29, 0.717) is 31.0 Å². The van der Waals surface area contributed by atoms with Crippen LogP contribution in [0.3, 0.4) is 0 Å². The van der Waals surface area contributed by atoms with E-state index in [1.807, 2.05) is 6.92 Å². The SMILES string of the molecule is CCNC(=NCCCS(C)(=O)=O)NC1CN(C(C)C)CC1C. The van der Waals surface area contributed by atoms with Crippen LogP contribution in [0.15, 0.2) is 4.99 Å². The van der Waals surface area contributed by atoms with Gasteiger partial charge in [0.25, 0.3) is 0 Å². The molecule has 2 N–H and O–H groups in total. The van der Waals surface area contributed by atoms with E-state index < -0.39 is 9.84 Å². The summed E-state index contributed by atoms with van der Waals surface area (Å²) in [6.45, 7) is 12.2. The smallest absolute Gasteiger partial charge is 0.191 e. The maximum atomic E-state index is 11.1. The second kappa shape index (κ2) is 8.72. The van der Waals surface area contributed by atoms with Gasteiger partial charge in [0.2, 0.25) is 0 Å². The van der Waals surface area contributed by atoms with Crippen molar-refractivity contribution in [3.8, 4) is 0 Å². The topological polar surface area (TPSA) is 73.8 Å². The molecule has 2 unspecified atom stereocenters. The zero-order chi connectivity index (χ0) is 16.8. The van der Waals surface area contributed by atoms with Gasteiger partial charge in [-0.1, -0.05) is 6.92 Å². The molecule has 0 aliphatic carbocycles. The molecule has 6 nitrogen and oxygen atoms in total. The highest BCUT2D eigenvalue weighted by Crippen LogP contribution is 2.18. The first-order valence-corrected chi connectivity index (χ1v) is 10.3. The second-order valence-corrected chi connectivity index (χ2v) is 8.78. The van der Waals surface area contributed by atoms with Crippen LogP contribution in [0.5, 0.6) is 0 Å². The molecule has 1 aliphatic rings. The Balaban J connectivity index is 2.53. The number of nitrogens with zero attached hydrogens (tertiary/aromatic N) is 2. The molecule has 1 heterocycles. The number of sulfone groups is 1. The van der Waals surface area contributed by atoms with Crippen LogP contribution >= 0.6 is 0 Å². The van der Waals surface area contributed by atoms with Gasteiger partial charge in [-0.05, 0) is 33.1 Å². The van der Waals surface area contributed by atoms with E-state index in [-0.39, 0.29) is 5.75 Å². The van der Waals surface area contributed by atoms with E-state index in [1.54, 1.807) is 0 Å². The van der Waals surface area contributed by atoms with Crippen LogP contribution < -0.4 is 10.6 Å². The molecule has 1 rings (SSSR count). The van der Waals surface area contributed by atoms with Crippen LogP contribution in [0.2, 0.25) is 0 Å². The molecule has 2 atom stereocenters. The van der Waals surface area contributed by atoms with E-state index in [2.05, 4.69) is 41.3 Å². The fourth-order valence-electron chi connectivity index (χ4n) is 2.63. The van der Waals surface area contributed by atoms with Crippen molar-refractivity contribution in [1.29, 1.82) is 0 Å². The third kappa shape index (κ3) is 6.96. The maximum Gasteiger partial charge on any atom is 0.191 e. The van der Waals surface area contributed by atoms with Gasteiger partial charge in [-0.3, -0.25) is 9.89 Å². The molecule has 0 saturated carbocycles. The first-order valence-electron chi connectivity index (χ1n) is 8.19. The second-order valence-electron chi connectivity index (χ2n) is 6.52. The molecule has 130 valence electrons. The molecule has 0 aromatic rings. The maximum absolute atomic E-state index is 11.1. The zero-order valence-electron chi connectivity index (χ0n) is 14.6. The van der Waals surface area contributed by atoms with Gasteiger partial charge < -0.3 is 10.6 Å². The highest BCUT2D eigenvalue weighted by Gasteiger charge is 2.31. The standard InChI is InChI=1S/C15H32N4O2S/c1-6-16-15(17-8-7-9-22(5,20)21)18-14-11-19(12(2)3)10-13(14)4/h12-14H,6-11H2,1-5H3,(H2,16,17,18). The number of likely N-dealkylation sites (tertiary alicyclic amines) is 1. The summed E-state index contributed by atoms with van der Waals surface area (Å²) in [6.07, 6.45) is 1.83. The summed E-state index contributed by atoms with van der Waals surface area (Å²) in [6, 6.07) is 0.943. The molecule has 7 heteroatoms. The Labute approximate surface area is 135 Å². The van der Waals surface area contributed by atoms with Gasteiger partial charge in [0, 0.05) is 44.5 Å². The number of hydrogen-bond acceptors (Lipinski definition) is 4. The fourth-order valence-corrected chi connectivity index (χ4v) is 3.28. The van der Waals surface area contributed by atoms with Crippen molar-refractivity contribution in [2.45, 2.75) is 46.2 Å². The minimum atomic E-state index is -2.90. The lowest BCUT2D eigenvalue weighted by Crippen LogP contribution is -2.46. The third-order valence-electron chi connectivity index (χ3n) is 3.98. The van der Waals surface area contributed by atoms with Gasteiger partial charge in [0.1, 0.15) is 9.84 Å². The number of hydrogen-bond donors (Lipinski definition) is 2. The minimum Gasteiger partial charge on any atom is -0.357 e. The molecule has 1 saturated heterocycles. The Morgan fingerprint density at radius 3 is 2.55 bits per heavy atom. The summed E-state index contributed by atoms with van der Waals surface area (Å²) in [4.78, 5) is 6.96. The molecule has 22 heavy (non-hydrogen) atoms. The minimum absolute atomic E-state index is 0.191. The van der Waals surface area contributed by atoms with Crippen molar-refractivity contribution < 1.29 is 8.42 Å². The lowest BCUT2D eigenvalue weighted by atomic mass is 10.1. The van der Waals surface area contributed by atoms with Gasteiger partial charge in [-0.2, -0.15) is 0 Å². The predicted molar refractivity (Wildman–Crippen MR) is 93.1 cm³/mol. The molecule has 0 aromatic carbocycles. The van der Waals surface area contributed by atoms with Crippen molar-refractivity contribution in [1.82, 2.24) is 15.5 Å². The fraction of sp³-hybridized carbons (Fsp3) is 0.933. The predicted octanol–water partition coefficient (Wildman–Crippen LogP) is 0.705. The zero-order valence-corrected chi connectivity index (χ0v) is 15.4. The van der Waals surface area contributed by atoms with Crippen LogP contribution in [0.1, 0.15) is 34.1 Å². The Morgan fingerprint density at radius 2 is 2.05 bits per heavy atom. The molecular formula is C15H32N4O2S. The Morgan fingerprint density at radius 1 is 1.36 bits per heavy atom. The van der Waals surface area contributed by atoms with Crippen LogP contribution in [0.4, 0.5) is 0 Å². The van der Waals surface area contributed by atoms with Gasteiger partial charge in [-0.25, -0.2) is 8.42 Å². The summed E-state index contributed by atoms with van der Waals surface area (Å²) < 4.78 is 22.3. The Kier molecular flexibility index (Phi) is 7.62. The first-order chi connectivity index (χ1) is 10.2. The van der Waals surface area contributed by atoms with Gasteiger partial charge >= 0.3 is 0 Å². The quantitative estimate of drug-likeness (QED) is 0.408. The van der Waals surface area contributed by atoms with E-state index in [0.717, 1.165) is 25.6 Å². The third-order valence-corrected chi connectivity index (χ3v) is 5.01. The van der Waals surface area contributed by atoms with E-state index >= 15 is 0 Å². The average molecular weight is 333 g/mol. The summed E-state index contributed by atoms with van der Waals surface area (Å²) in [5.74, 6) is 1.55. The van der Waals surface area contributed by atoms with E-state index in [1.165, 1.54) is 6.26 Å². The molecule has 0 aromatic heterocycles.